The van der Waals surface area contributed by atoms with Crippen molar-refractivity contribution in [1.29, 1.82) is 5.26 Å². The number of rotatable bonds is 1. The molecule has 0 N–H and O–H groups in total. The maximum absolute atomic E-state index is 9.50. The third kappa shape index (κ3) is 2.52. The molecule has 0 fully saturated rings. The van der Waals surface area contributed by atoms with Crippen LogP contribution in [0.25, 0.3) is 31.3 Å². The van der Waals surface area contributed by atoms with Gasteiger partial charge in [0.05, 0.1) is 11.6 Å². The first-order valence-corrected chi connectivity index (χ1v) is 9.26. The van der Waals surface area contributed by atoms with Gasteiger partial charge in [-0.15, -0.1) is 11.3 Å². The topological polar surface area (TPSA) is 23.8 Å². The van der Waals surface area contributed by atoms with Gasteiger partial charge in [0.2, 0.25) is 0 Å². The number of fused-ring (bicyclic) bond motifs is 3. The van der Waals surface area contributed by atoms with E-state index in [0.29, 0.717) is 0 Å². The van der Waals surface area contributed by atoms with Crippen LogP contribution in [0.4, 0.5) is 0 Å². The maximum atomic E-state index is 9.50. The Labute approximate surface area is 152 Å². The average Bonchev–Trinajstić information content (AvgIpc) is 2.99. The van der Waals surface area contributed by atoms with Gasteiger partial charge in [0.1, 0.15) is 0 Å². The van der Waals surface area contributed by atoms with Crippen molar-refractivity contribution >= 4 is 31.5 Å². The van der Waals surface area contributed by atoms with E-state index >= 15 is 0 Å². The average molecular weight is 341 g/mol. The highest BCUT2D eigenvalue weighted by Gasteiger charge is 2.20. The highest BCUT2D eigenvalue weighted by molar-refractivity contribution is 7.26. The number of hydrogen-bond donors (Lipinski definition) is 0. The van der Waals surface area contributed by atoms with Crippen molar-refractivity contribution < 1.29 is 0 Å². The van der Waals surface area contributed by atoms with Crippen molar-refractivity contribution in [2.45, 2.75) is 26.2 Å². The van der Waals surface area contributed by atoms with E-state index in [4.69, 9.17) is 0 Å². The second-order valence-corrected chi connectivity index (χ2v) is 8.42. The molecule has 2 heteroatoms. The molecule has 1 nitrogen and oxygen atoms in total. The first-order chi connectivity index (χ1) is 12.0. The zero-order valence-electron chi connectivity index (χ0n) is 14.6. The molecule has 4 rings (SSSR count). The fourth-order valence-electron chi connectivity index (χ4n) is 3.50. The molecule has 0 radical (unpaired) electrons. The summed E-state index contributed by atoms with van der Waals surface area (Å²) in [5.74, 6) is 0. The standard InChI is InChI=1S/C23H19NS/c1-23(2,3)19-12-7-13-20-21(19)18-11-6-10-17(22(18)25-20)16-9-5-4-8-15(16)14-24/h4-13H,1-3H3. The van der Waals surface area contributed by atoms with E-state index in [2.05, 4.69) is 63.2 Å². The fourth-order valence-corrected chi connectivity index (χ4v) is 4.76. The zero-order valence-corrected chi connectivity index (χ0v) is 15.4. The summed E-state index contributed by atoms with van der Waals surface area (Å²) in [6, 6.07) is 23.2. The Kier molecular flexibility index (Phi) is 3.63. The minimum absolute atomic E-state index is 0.0913. The molecule has 0 aliphatic heterocycles. The van der Waals surface area contributed by atoms with Gasteiger partial charge in [-0.05, 0) is 23.1 Å². The molecule has 0 aliphatic carbocycles. The number of nitrogens with zero attached hydrogens (tertiary/aromatic N) is 1. The van der Waals surface area contributed by atoms with Crippen LogP contribution in [-0.4, -0.2) is 0 Å². The van der Waals surface area contributed by atoms with E-state index in [9.17, 15) is 5.26 Å². The summed E-state index contributed by atoms with van der Waals surface area (Å²) in [5.41, 5.74) is 4.36. The van der Waals surface area contributed by atoms with E-state index < -0.39 is 0 Å². The normalized spacial score (nSPS) is 11.8. The molecular weight excluding hydrogens is 322 g/mol. The molecular formula is C23H19NS. The molecule has 0 amide bonds. The lowest BCUT2D eigenvalue weighted by Crippen LogP contribution is -2.11. The van der Waals surface area contributed by atoms with Gasteiger partial charge in [0.25, 0.3) is 0 Å². The largest absolute Gasteiger partial charge is 0.192 e. The quantitative estimate of drug-likeness (QED) is 0.370. The summed E-state index contributed by atoms with van der Waals surface area (Å²) in [6.07, 6.45) is 0. The van der Waals surface area contributed by atoms with Gasteiger partial charge < -0.3 is 0 Å². The zero-order chi connectivity index (χ0) is 17.6. The molecule has 0 unspecified atom stereocenters. The van der Waals surface area contributed by atoms with Gasteiger partial charge in [-0.25, -0.2) is 0 Å². The summed E-state index contributed by atoms with van der Waals surface area (Å²) in [6.45, 7) is 6.79. The predicted molar refractivity (Wildman–Crippen MR) is 108 cm³/mol. The third-order valence-corrected chi connectivity index (χ3v) is 5.87. The van der Waals surface area contributed by atoms with Gasteiger partial charge in [0.15, 0.2) is 0 Å². The maximum Gasteiger partial charge on any atom is 0.0998 e. The molecule has 25 heavy (non-hydrogen) atoms. The predicted octanol–water partition coefficient (Wildman–Crippen LogP) is 6.89. The van der Waals surface area contributed by atoms with Gasteiger partial charge >= 0.3 is 0 Å². The summed E-state index contributed by atoms with van der Waals surface area (Å²) in [5, 5.41) is 12.1. The lowest BCUT2D eigenvalue weighted by molar-refractivity contribution is 0.596. The lowest BCUT2D eigenvalue weighted by atomic mass is 9.84. The van der Waals surface area contributed by atoms with E-state index in [1.165, 1.54) is 25.7 Å². The summed E-state index contributed by atoms with van der Waals surface area (Å²) >= 11 is 1.82. The molecule has 0 bridgehead atoms. The lowest BCUT2D eigenvalue weighted by Gasteiger charge is -2.20. The molecule has 1 aromatic heterocycles. The summed E-state index contributed by atoms with van der Waals surface area (Å²) < 4.78 is 2.57. The van der Waals surface area contributed by atoms with Crippen LogP contribution in [0, 0.1) is 11.3 Å². The Bertz CT molecular complexity index is 1140. The third-order valence-electron chi connectivity index (χ3n) is 4.67. The van der Waals surface area contributed by atoms with Crippen LogP contribution in [0.5, 0.6) is 0 Å². The van der Waals surface area contributed by atoms with E-state index in [1.807, 2.05) is 35.6 Å². The minimum Gasteiger partial charge on any atom is -0.192 e. The van der Waals surface area contributed by atoms with Crippen LogP contribution in [0.15, 0.2) is 60.7 Å². The molecule has 0 atom stereocenters. The number of benzene rings is 3. The van der Waals surface area contributed by atoms with Crippen molar-refractivity contribution in [2.75, 3.05) is 0 Å². The number of nitriles is 1. The van der Waals surface area contributed by atoms with Crippen molar-refractivity contribution in [1.82, 2.24) is 0 Å². The molecule has 4 aromatic rings. The van der Waals surface area contributed by atoms with Crippen molar-refractivity contribution in [2.24, 2.45) is 0 Å². The van der Waals surface area contributed by atoms with Crippen molar-refractivity contribution in [3.63, 3.8) is 0 Å². The number of thiophene rings is 1. The van der Waals surface area contributed by atoms with Crippen LogP contribution in [-0.2, 0) is 5.41 Å². The summed E-state index contributed by atoms with van der Waals surface area (Å²) in [7, 11) is 0. The van der Waals surface area contributed by atoms with Crippen LogP contribution in [0.1, 0.15) is 31.9 Å². The second kappa shape index (κ2) is 5.72. The first-order valence-electron chi connectivity index (χ1n) is 8.45. The van der Waals surface area contributed by atoms with Gasteiger partial charge in [-0.3, -0.25) is 0 Å². The van der Waals surface area contributed by atoms with E-state index in [0.717, 1.165) is 16.7 Å². The Balaban J connectivity index is 2.13. The van der Waals surface area contributed by atoms with Crippen molar-refractivity contribution in [3.8, 4) is 17.2 Å². The Morgan fingerprint density at radius 3 is 2.32 bits per heavy atom. The fraction of sp³-hybridized carbons (Fsp3) is 0.174. The van der Waals surface area contributed by atoms with Crippen LogP contribution in [0.3, 0.4) is 0 Å². The minimum atomic E-state index is 0.0913. The highest BCUT2D eigenvalue weighted by Crippen LogP contribution is 2.44. The Morgan fingerprint density at radius 2 is 1.56 bits per heavy atom. The first kappa shape index (κ1) is 15.9. The highest BCUT2D eigenvalue weighted by atomic mass is 32.1. The van der Waals surface area contributed by atoms with Crippen LogP contribution >= 0.6 is 11.3 Å². The van der Waals surface area contributed by atoms with Crippen LogP contribution < -0.4 is 0 Å². The Hall–Kier alpha value is -2.63. The van der Waals surface area contributed by atoms with Crippen LogP contribution in [0.2, 0.25) is 0 Å². The summed E-state index contributed by atoms with van der Waals surface area (Å²) in [4.78, 5) is 0. The SMILES string of the molecule is CC(C)(C)c1cccc2sc3c(-c4ccccc4C#N)cccc3c12. The molecule has 122 valence electrons. The van der Waals surface area contributed by atoms with Gasteiger partial charge in [0, 0.05) is 31.3 Å². The Morgan fingerprint density at radius 1 is 0.840 bits per heavy atom. The van der Waals surface area contributed by atoms with E-state index in [-0.39, 0.29) is 5.41 Å². The van der Waals surface area contributed by atoms with E-state index in [1.54, 1.807) is 0 Å². The van der Waals surface area contributed by atoms with Crippen molar-refractivity contribution in [3.05, 3.63) is 71.8 Å². The second-order valence-electron chi connectivity index (χ2n) is 7.37. The number of hydrogen-bond acceptors (Lipinski definition) is 2. The molecule has 0 aliphatic rings. The van der Waals surface area contributed by atoms with Gasteiger partial charge in [-0.1, -0.05) is 69.3 Å². The smallest absolute Gasteiger partial charge is 0.0998 e. The molecule has 0 spiro atoms. The molecule has 0 saturated heterocycles. The monoisotopic (exact) mass is 341 g/mol. The van der Waals surface area contributed by atoms with Gasteiger partial charge in [-0.2, -0.15) is 5.26 Å². The molecule has 1 heterocycles. The molecule has 3 aromatic carbocycles. The molecule has 0 saturated carbocycles.